The summed E-state index contributed by atoms with van der Waals surface area (Å²) < 4.78 is 12.0. The molecule has 40 heavy (non-hydrogen) atoms. The van der Waals surface area contributed by atoms with Crippen LogP contribution in [-0.2, 0) is 23.9 Å². The van der Waals surface area contributed by atoms with E-state index < -0.39 is 40.4 Å². The number of esters is 2. The SMILES string of the molecule is CC(=O)OC1CC[C@]2(C)[C@H]3CC=C4[C@@H]5[C@@H](C)[C@H](C)CC[C@]5(C)CC[C@@]4(C)[C@]3(C)CCC2(OC(C)=O)C1(C)C(=O)O. The van der Waals surface area contributed by atoms with Crippen molar-refractivity contribution in [3.63, 3.8) is 0 Å². The van der Waals surface area contributed by atoms with Gasteiger partial charge < -0.3 is 14.6 Å². The zero-order valence-corrected chi connectivity index (χ0v) is 26.3. The Hall–Kier alpha value is -1.85. The second kappa shape index (κ2) is 9.07. The lowest BCUT2D eigenvalue weighted by Crippen LogP contribution is -2.76. The zero-order valence-electron chi connectivity index (χ0n) is 26.3. The van der Waals surface area contributed by atoms with E-state index in [-0.39, 0.29) is 16.7 Å². The highest BCUT2D eigenvalue weighted by Crippen LogP contribution is 2.77. The Morgan fingerprint density at radius 3 is 2.12 bits per heavy atom. The van der Waals surface area contributed by atoms with Crippen LogP contribution in [0.1, 0.15) is 120 Å². The Labute approximate surface area is 241 Å². The van der Waals surface area contributed by atoms with Crippen molar-refractivity contribution in [3.05, 3.63) is 11.6 Å². The zero-order chi connectivity index (χ0) is 29.7. The molecule has 0 aromatic rings. The molecule has 6 heteroatoms. The molecule has 0 spiro atoms. The first-order chi connectivity index (χ1) is 18.4. The van der Waals surface area contributed by atoms with Crippen molar-refractivity contribution in [2.45, 2.75) is 132 Å². The summed E-state index contributed by atoms with van der Waals surface area (Å²) in [7, 11) is 0. The van der Waals surface area contributed by atoms with Crippen molar-refractivity contribution >= 4 is 17.9 Å². The molecular formula is C34H52O6. The van der Waals surface area contributed by atoms with Gasteiger partial charge in [0, 0.05) is 19.3 Å². The first-order valence-electron chi connectivity index (χ1n) is 15.7. The highest BCUT2D eigenvalue weighted by molar-refractivity contribution is 5.80. The van der Waals surface area contributed by atoms with Gasteiger partial charge in [-0.2, -0.15) is 0 Å². The number of carboxylic acid groups (broad SMARTS) is 1. The van der Waals surface area contributed by atoms with Gasteiger partial charge in [-0.1, -0.05) is 53.2 Å². The van der Waals surface area contributed by atoms with Gasteiger partial charge in [0.2, 0.25) is 0 Å². The van der Waals surface area contributed by atoms with E-state index in [1.54, 1.807) is 12.5 Å². The number of hydrogen-bond acceptors (Lipinski definition) is 5. The van der Waals surface area contributed by atoms with E-state index in [0.29, 0.717) is 42.4 Å². The lowest BCUT2D eigenvalue weighted by molar-refractivity contribution is -0.299. The predicted octanol–water partition coefficient (Wildman–Crippen LogP) is 7.35. The highest BCUT2D eigenvalue weighted by atomic mass is 16.6. The first kappa shape index (κ1) is 29.6. The molecule has 5 rings (SSSR count). The summed E-state index contributed by atoms with van der Waals surface area (Å²) in [5, 5.41) is 10.8. The second-order valence-electron chi connectivity index (χ2n) is 15.7. The third kappa shape index (κ3) is 3.49. The number of rotatable bonds is 3. The predicted molar refractivity (Wildman–Crippen MR) is 153 cm³/mol. The Bertz CT molecular complexity index is 1140. The maximum Gasteiger partial charge on any atom is 0.317 e. The van der Waals surface area contributed by atoms with Gasteiger partial charge in [-0.15, -0.1) is 0 Å². The fraction of sp³-hybridized carbons (Fsp3) is 0.853. The van der Waals surface area contributed by atoms with Crippen LogP contribution in [0.4, 0.5) is 0 Å². The molecule has 11 atom stereocenters. The first-order valence-corrected chi connectivity index (χ1v) is 15.7. The molecule has 4 saturated carbocycles. The van der Waals surface area contributed by atoms with E-state index in [1.807, 2.05) is 0 Å². The van der Waals surface area contributed by atoms with Gasteiger partial charge in [0.1, 0.15) is 17.1 Å². The lowest BCUT2D eigenvalue weighted by Gasteiger charge is -2.73. The minimum Gasteiger partial charge on any atom is -0.481 e. The number of hydrogen-bond donors (Lipinski definition) is 1. The fourth-order valence-corrected chi connectivity index (χ4v) is 11.6. The van der Waals surface area contributed by atoms with Crippen LogP contribution in [0.5, 0.6) is 0 Å². The molecule has 0 saturated heterocycles. The monoisotopic (exact) mass is 556 g/mol. The summed E-state index contributed by atoms with van der Waals surface area (Å²) in [5.74, 6) is 0.0233. The molecule has 3 unspecified atom stereocenters. The molecule has 5 aliphatic carbocycles. The van der Waals surface area contributed by atoms with Gasteiger partial charge in [0.15, 0.2) is 0 Å². The van der Waals surface area contributed by atoms with Gasteiger partial charge in [0.25, 0.3) is 0 Å². The van der Waals surface area contributed by atoms with Crippen molar-refractivity contribution in [2.24, 2.45) is 50.7 Å². The number of allylic oxidation sites excluding steroid dienone is 2. The van der Waals surface area contributed by atoms with Crippen molar-refractivity contribution in [3.8, 4) is 0 Å². The minimum atomic E-state index is -1.55. The topological polar surface area (TPSA) is 89.9 Å². The Balaban J connectivity index is 1.67. The summed E-state index contributed by atoms with van der Waals surface area (Å²) in [4.78, 5) is 38.2. The van der Waals surface area contributed by atoms with Crippen LogP contribution in [-0.4, -0.2) is 34.7 Å². The Morgan fingerprint density at radius 1 is 0.850 bits per heavy atom. The summed E-state index contributed by atoms with van der Waals surface area (Å²) in [6.45, 7) is 18.9. The normalized spacial score (nSPS) is 51.6. The molecule has 0 aliphatic heterocycles. The van der Waals surface area contributed by atoms with Crippen LogP contribution in [0.3, 0.4) is 0 Å². The molecule has 6 nitrogen and oxygen atoms in total. The molecule has 5 aliphatic rings. The highest BCUT2D eigenvalue weighted by Gasteiger charge is 2.78. The van der Waals surface area contributed by atoms with Crippen LogP contribution in [0.25, 0.3) is 0 Å². The lowest BCUT2D eigenvalue weighted by atomic mass is 9.32. The molecule has 0 radical (unpaired) electrons. The Morgan fingerprint density at radius 2 is 1.52 bits per heavy atom. The third-order valence-electron chi connectivity index (χ3n) is 14.3. The van der Waals surface area contributed by atoms with Crippen molar-refractivity contribution < 1.29 is 29.0 Å². The molecule has 224 valence electrons. The third-order valence-corrected chi connectivity index (χ3v) is 14.3. The number of ether oxygens (including phenoxy) is 2. The van der Waals surface area contributed by atoms with Crippen molar-refractivity contribution in [1.29, 1.82) is 0 Å². The average Bonchev–Trinajstić information content (AvgIpc) is 2.85. The molecule has 0 amide bonds. The second-order valence-corrected chi connectivity index (χ2v) is 15.7. The molecule has 0 aromatic carbocycles. The standard InChI is InChI=1S/C34H52O6/c1-20-12-14-29(5)16-17-30(6)24(27(29)21(20)2)10-11-25-31(30,7)18-19-34(40-23(4)36)32(25,8)15-13-26(39-22(3)35)33(34,9)28(37)38/h10,20-21,25-27H,11-19H2,1-9H3,(H,37,38)/t20-,21+,25+,26?,27+,29-,30-,31-,32-,33?,34?/m1/s1. The summed E-state index contributed by atoms with van der Waals surface area (Å²) in [6, 6.07) is 0. The maximum absolute atomic E-state index is 13.2. The van der Waals surface area contributed by atoms with E-state index in [4.69, 9.17) is 9.47 Å². The number of carbonyl (C=O) groups is 3. The minimum absolute atomic E-state index is 0.00314. The summed E-state index contributed by atoms with van der Waals surface area (Å²) in [5.41, 5.74) is -1.50. The van der Waals surface area contributed by atoms with Crippen molar-refractivity contribution in [1.82, 2.24) is 0 Å². The number of carboxylic acids is 1. The van der Waals surface area contributed by atoms with Gasteiger partial charge in [0.05, 0.1) is 0 Å². The molecule has 1 N–H and O–H groups in total. The van der Waals surface area contributed by atoms with Crippen LogP contribution < -0.4 is 0 Å². The van der Waals surface area contributed by atoms with E-state index in [2.05, 4.69) is 47.6 Å². The van der Waals surface area contributed by atoms with Crippen LogP contribution >= 0.6 is 0 Å². The Kier molecular flexibility index (Phi) is 6.72. The van der Waals surface area contributed by atoms with E-state index in [0.717, 1.165) is 19.3 Å². The van der Waals surface area contributed by atoms with Gasteiger partial charge in [-0.3, -0.25) is 14.4 Å². The quantitative estimate of drug-likeness (QED) is 0.289. The smallest absolute Gasteiger partial charge is 0.317 e. The number of aliphatic carboxylic acids is 1. The molecule has 4 fully saturated rings. The van der Waals surface area contributed by atoms with Crippen LogP contribution in [0.2, 0.25) is 0 Å². The summed E-state index contributed by atoms with van der Waals surface area (Å²) >= 11 is 0. The van der Waals surface area contributed by atoms with E-state index in [9.17, 15) is 19.5 Å². The maximum atomic E-state index is 13.2. The van der Waals surface area contributed by atoms with E-state index >= 15 is 0 Å². The van der Waals surface area contributed by atoms with Crippen LogP contribution in [0.15, 0.2) is 11.6 Å². The number of carbonyl (C=O) groups excluding carboxylic acids is 2. The fourth-order valence-electron chi connectivity index (χ4n) is 11.6. The van der Waals surface area contributed by atoms with Gasteiger partial charge in [-0.05, 0) is 105 Å². The van der Waals surface area contributed by atoms with Gasteiger partial charge >= 0.3 is 17.9 Å². The van der Waals surface area contributed by atoms with Crippen molar-refractivity contribution in [2.75, 3.05) is 0 Å². The summed E-state index contributed by atoms with van der Waals surface area (Å²) in [6.07, 6.45) is 9.83. The molecular weight excluding hydrogens is 504 g/mol. The molecule has 0 heterocycles. The molecule has 0 aromatic heterocycles. The van der Waals surface area contributed by atoms with Crippen LogP contribution in [0, 0.1) is 50.7 Å². The average molecular weight is 557 g/mol. The van der Waals surface area contributed by atoms with Gasteiger partial charge in [-0.25, -0.2) is 0 Å². The molecule has 0 bridgehead atoms. The largest absolute Gasteiger partial charge is 0.481 e. The number of fused-ring (bicyclic) bond motifs is 7. The van der Waals surface area contributed by atoms with E-state index in [1.165, 1.54) is 33.1 Å².